The van der Waals surface area contributed by atoms with Crippen LogP contribution in [0.3, 0.4) is 0 Å². The van der Waals surface area contributed by atoms with E-state index < -0.39 is 15.8 Å². The van der Waals surface area contributed by atoms with Crippen molar-refractivity contribution in [3.8, 4) is 23.8 Å². The minimum absolute atomic E-state index is 0.0948. The molecule has 0 spiro atoms. The molecule has 4 rings (SSSR count). The van der Waals surface area contributed by atoms with Crippen molar-refractivity contribution in [1.82, 2.24) is 9.62 Å². The van der Waals surface area contributed by atoms with Crippen molar-refractivity contribution in [2.75, 3.05) is 19.9 Å². The van der Waals surface area contributed by atoms with E-state index in [0.717, 1.165) is 11.1 Å². The van der Waals surface area contributed by atoms with Crippen LogP contribution in [0.1, 0.15) is 21.5 Å². The molecule has 0 saturated heterocycles. The highest BCUT2D eigenvalue weighted by Gasteiger charge is 2.22. The largest absolute Gasteiger partial charge is 0.454 e. The summed E-state index contributed by atoms with van der Waals surface area (Å²) in [5.41, 5.74) is 1.99. The number of para-hydroxylation sites is 1. The van der Waals surface area contributed by atoms with Crippen LogP contribution >= 0.6 is 0 Å². The number of halogens is 1. The highest BCUT2D eigenvalue weighted by atomic mass is 32.2. The van der Waals surface area contributed by atoms with Gasteiger partial charge in [0, 0.05) is 24.2 Å². The molecule has 1 N–H and O–H groups in total. The van der Waals surface area contributed by atoms with Crippen molar-refractivity contribution in [2.45, 2.75) is 17.9 Å². The smallest absolute Gasteiger partial charge is 0.254 e. The second kappa shape index (κ2) is 10.6. The molecule has 0 saturated carbocycles. The zero-order chi connectivity index (χ0) is 24.8. The van der Waals surface area contributed by atoms with E-state index in [4.69, 9.17) is 15.9 Å². The Morgan fingerprint density at radius 1 is 1.06 bits per heavy atom. The molecule has 35 heavy (non-hydrogen) atoms. The fraction of sp³-hybridized carbons (Fsp3) is 0.192. The number of carbonyl (C=O) groups is 1. The van der Waals surface area contributed by atoms with E-state index in [0.29, 0.717) is 30.0 Å². The van der Waals surface area contributed by atoms with Crippen molar-refractivity contribution in [3.05, 3.63) is 89.2 Å². The first kappa shape index (κ1) is 24.3. The SMILES string of the molecule is C#CCNS(=O)(=O)c1ccc(CCN(Cc2cccc3c2OCO3)C(=O)c2ccc(F)cc2)cc1. The molecule has 0 aliphatic carbocycles. The van der Waals surface area contributed by atoms with Gasteiger partial charge < -0.3 is 14.4 Å². The number of terminal acetylenes is 1. The molecule has 1 aliphatic heterocycles. The number of sulfonamides is 1. The maximum absolute atomic E-state index is 13.4. The lowest BCUT2D eigenvalue weighted by molar-refractivity contribution is 0.0743. The van der Waals surface area contributed by atoms with Gasteiger partial charge in [0.05, 0.1) is 11.4 Å². The van der Waals surface area contributed by atoms with Gasteiger partial charge in [-0.1, -0.05) is 30.2 Å². The van der Waals surface area contributed by atoms with E-state index in [2.05, 4.69) is 10.6 Å². The number of rotatable bonds is 9. The summed E-state index contributed by atoms with van der Waals surface area (Å²) < 4.78 is 51.2. The van der Waals surface area contributed by atoms with Crippen molar-refractivity contribution in [2.24, 2.45) is 0 Å². The van der Waals surface area contributed by atoms with E-state index in [1.165, 1.54) is 36.4 Å². The summed E-state index contributed by atoms with van der Waals surface area (Å²) >= 11 is 0. The third kappa shape index (κ3) is 5.80. The van der Waals surface area contributed by atoms with E-state index in [9.17, 15) is 17.6 Å². The molecule has 9 heteroatoms. The Labute approximate surface area is 203 Å². The third-order valence-corrected chi connectivity index (χ3v) is 6.90. The van der Waals surface area contributed by atoms with Crippen LogP contribution in [0.15, 0.2) is 71.6 Å². The number of amides is 1. The Kier molecular flexibility index (Phi) is 7.34. The van der Waals surface area contributed by atoms with Gasteiger partial charge in [0.25, 0.3) is 5.91 Å². The van der Waals surface area contributed by atoms with Crippen molar-refractivity contribution >= 4 is 15.9 Å². The van der Waals surface area contributed by atoms with Crippen LogP contribution < -0.4 is 14.2 Å². The van der Waals surface area contributed by atoms with Crippen molar-refractivity contribution in [1.29, 1.82) is 0 Å². The first-order valence-electron chi connectivity index (χ1n) is 10.8. The third-order valence-electron chi connectivity index (χ3n) is 5.49. The second-order valence-electron chi connectivity index (χ2n) is 7.81. The molecular formula is C26H23FN2O5S. The van der Waals surface area contributed by atoms with Gasteiger partial charge in [0.1, 0.15) is 5.82 Å². The summed E-state index contributed by atoms with van der Waals surface area (Å²) in [7, 11) is -3.68. The zero-order valence-corrected chi connectivity index (χ0v) is 19.6. The quantitative estimate of drug-likeness (QED) is 0.461. The number of fused-ring (bicyclic) bond motifs is 1. The van der Waals surface area contributed by atoms with Gasteiger partial charge in [-0.25, -0.2) is 12.8 Å². The van der Waals surface area contributed by atoms with E-state index in [-0.39, 0.29) is 30.7 Å². The number of ether oxygens (including phenoxy) is 2. The Hall–Kier alpha value is -3.87. The van der Waals surface area contributed by atoms with Crippen LogP contribution in [-0.2, 0) is 23.0 Å². The van der Waals surface area contributed by atoms with Crippen molar-refractivity contribution < 1.29 is 27.1 Å². The Morgan fingerprint density at radius 3 is 2.51 bits per heavy atom. The lowest BCUT2D eigenvalue weighted by Gasteiger charge is -2.24. The maximum atomic E-state index is 13.4. The van der Waals surface area contributed by atoms with E-state index in [1.807, 2.05) is 12.1 Å². The number of carbonyl (C=O) groups excluding carboxylic acids is 1. The maximum Gasteiger partial charge on any atom is 0.254 e. The molecule has 3 aromatic carbocycles. The summed E-state index contributed by atoms with van der Waals surface area (Å²) in [4.78, 5) is 15.0. The average Bonchev–Trinajstić information content (AvgIpc) is 3.35. The number of nitrogens with zero attached hydrogens (tertiary/aromatic N) is 1. The minimum Gasteiger partial charge on any atom is -0.454 e. The molecule has 1 amide bonds. The lowest BCUT2D eigenvalue weighted by Crippen LogP contribution is -2.32. The van der Waals surface area contributed by atoms with Crippen molar-refractivity contribution in [3.63, 3.8) is 0 Å². The normalized spacial score (nSPS) is 12.2. The Bertz CT molecular complexity index is 1350. The lowest BCUT2D eigenvalue weighted by atomic mass is 10.1. The molecule has 0 unspecified atom stereocenters. The fourth-order valence-corrected chi connectivity index (χ4v) is 4.60. The minimum atomic E-state index is -3.68. The van der Waals surface area contributed by atoms with Crippen LogP contribution in [0.2, 0.25) is 0 Å². The number of benzene rings is 3. The van der Waals surface area contributed by atoms with Gasteiger partial charge in [-0.3, -0.25) is 4.79 Å². The standard InChI is InChI=1S/C26H23FN2O5S/c1-2-15-28-35(31,32)23-12-6-19(7-13-23)14-16-29(26(30)20-8-10-22(27)11-9-20)17-21-4-3-5-24-25(21)34-18-33-24/h1,3-13,28H,14-18H2. The van der Waals surface area contributed by atoms with Gasteiger partial charge in [0.15, 0.2) is 11.5 Å². The van der Waals surface area contributed by atoms with E-state index >= 15 is 0 Å². The Morgan fingerprint density at radius 2 is 1.80 bits per heavy atom. The summed E-state index contributed by atoms with van der Waals surface area (Å²) in [6.07, 6.45) is 5.59. The van der Waals surface area contributed by atoms with Crippen LogP contribution in [0.4, 0.5) is 4.39 Å². The van der Waals surface area contributed by atoms with Gasteiger partial charge in [-0.15, -0.1) is 6.42 Å². The highest BCUT2D eigenvalue weighted by Crippen LogP contribution is 2.36. The number of hydrogen-bond donors (Lipinski definition) is 1. The topological polar surface area (TPSA) is 84.9 Å². The number of hydrogen-bond acceptors (Lipinski definition) is 5. The first-order chi connectivity index (χ1) is 16.9. The predicted octanol–water partition coefficient (Wildman–Crippen LogP) is 3.35. The van der Waals surface area contributed by atoms with Crippen LogP contribution in [0.5, 0.6) is 11.5 Å². The molecule has 3 aromatic rings. The van der Waals surface area contributed by atoms with Crippen LogP contribution in [-0.4, -0.2) is 39.1 Å². The Balaban J connectivity index is 1.53. The molecular weight excluding hydrogens is 471 g/mol. The average molecular weight is 495 g/mol. The summed E-state index contributed by atoms with van der Waals surface area (Å²) in [6, 6.07) is 17.3. The van der Waals surface area contributed by atoms with Crippen LogP contribution in [0, 0.1) is 18.2 Å². The fourth-order valence-electron chi connectivity index (χ4n) is 3.67. The molecule has 180 valence electrons. The molecule has 0 bridgehead atoms. The monoisotopic (exact) mass is 494 g/mol. The first-order valence-corrected chi connectivity index (χ1v) is 12.3. The molecule has 0 aromatic heterocycles. The van der Waals surface area contributed by atoms with Crippen LogP contribution in [0.25, 0.3) is 0 Å². The van der Waals surface area contributed by atoms with E-state index in [1.54, 1.807) is 23.1 Å². The molecule has 0 atom stereocenters. The predicted molar refractivity (Wildman–Crippen MR) is 128 cm³/mol. The summed E-state index contributed by atoms with van der Waals surface area (Å²) in [5.74, 6) is 2.76. The molecule has 7 nitrogen and oxygen atoms in total. The molecule has 1 aliphatic rings. The molecule has 1 heterocycles. The van der Waals surface area contributed by atoms with Gasteiger partial charge in [-0.2, -0.15) is 4.72 Å². The summed E-state index contributed by atoms with van der Waals surface area (Å²) in [6.45, 7) is 0.611. The summed E-state index contributed by atoms with van der Waals surface area (Å²) in [5, 5.41) is 0. The van der Waals surface area contributed by atoms with Gasteiger partial charge in [-0.05, 0) is 54.4 Å². The highest BCUT2D eigenvalue weighted by molar-refractivity contribution is 7.89. The number of nitrogens with one attached hydrogen (secondary N) is 1. The van der Waals surface area contributed by atoms with Gasteiger partial charge in [0.2, 0.25) is 16.8 Å². The second-order valence-corrected chi connectivity index (χ2v) is 9.57. The molecule has 0 radical (unpaired) electrons. The van der Waals surface area contributed by atoms with Gasteiger partial charge >= 0.3 is 0 Å². The molecule has 0 fully saturated rings. The zero-order valence-electron chi connectivity index (χ0n) is 18.7.